The van der Waals surface area contributed by atoms with E-state index >= 15 is 0 Å². The molecule has 2 N–H and O–H groups in total. The summed E-state index contributed by atoms with van der Waals surface area (Å²) in [5.41, 5.74) is 0. The second kappa shape index (κ2) is 8.93. The van der Waals surface area contributed by atoms with Crippen molar-refractivity contribution >= 4 is 22.3 Å². The molecule has 0 aliphatic carbocycles. The zero-order valence-corrected chi connectivity index (χ0v) is 14.1. The Morgan fingerprint density at radius 1 is 1.38 bits per heavy atom. The van der Waals surface area contributed by atoms with Crippen molar-refractivity contribution in [2.75, 3.05) is 31.6 Å². The molecule has 1 fully saturated rings. The van der Waals surface area contributed by atoms with Crippen LogP contribution in [0.4, 0.5) is 5.00 Å². The molecule has 1 saturated heterocycles. The first-order chi connectivity index (χ1) is 10.3. The highest BCUT2D eigenvalue weighted by molar-refractivity contribution is 7.14. The van der Waals surface area contributed by atoms with E-state index < -0.39 is 0 Å². The van der Waals surface area contributed by atoms with Crippen LogP contribution in [0, 0.1) is 0 Å². The average molecular weight is 308 g/mol. The third kappa shape index (κ3) is 5.23. The monoisotopic (exact) mass is 308 g/mol. The lowest BCUT2D eigenvalue weighted by atomic mass is 10.1. The van der Waals surface area contributed by atoms with Gasteiger partial charge >= 0.3 is 0 Å². The van der Waals surface area contributed by atoms with Crippen molar-refractivity contribution in [2.24, 2.45) is 4.99 Å². The van der Waals surface area contributed by atoms with Crippen molar-refractivity contribution in [3.05, 3.63) is 17.5 Å². The van der Waals surface area contributed by atoms with Gasteiger partial charge in [0, 0.05) is 32.7 Å². The summed E-state index contributed by atoms with van der Waals surface area (Å²) in [6, 6.07) is 4.89. The van der Waals surface area contributed by atoms with Crippen molar-refractivity contribution in [1.82, 2.24) is 10.6 Å². The summed E-state index contributed by atoms with van der Waals surface area (Å²) < 4.78 is 0. The predicted octanol–water partition coefficient (Wildman–Crippen LogP) is 3.07. The minimum Gasteiger partial charge on any atom is -0.363 e. The summed E-state index contributed by atoms with van der Waals surface area (Å²) >= 11 is 1.83. The largest absolute Gasteiger partial charge is 0.363 e. The van der Waals surface area contributed by atoms with Crippen LogP contribution in [0.2, 0.25) is 0 Å². The number of nitrogens with one attached hydrogen (secondary N) is 2. The number of piperidine rings is 1. The Bertz CT molecular complexity index is 408. The van der Waals surface area contributed by atoms with Gasteiger partial charge in [0.05, 0.1) is 5.00 Å². The minimum absolute atomic E-state index is 0.540. The van der Waals surface area contributed by atoms with E-state index in [2.05, 4.69) is 45.0 Å². The Morgan fingerprint density at radius 2 is 2.19 bits per heavy atom. The molecular formula is C16H28N4S. The normalized spacial score (nSPS) is 17.0. The van der Waals surface area contributed by atoms with Crippen LogP contribution in [0.25, 0.3) is 0 Å². The number of thiophene rings is 1. The first kappa shape index (κ1) is 16.1. The number of hydrogen-bond acceptors (Lipinski definition) is 3. The maximum absolute atomic E-state index is 4.33. The Balaban J connectivity index is 1.69. The molecule has 0 atom stereocenters. The summed E-state index contributed by atoms with van der Waals surface area (Å²) in [6.07, 6.45) is 6.10. The minimum atomic E-state index is 0.540. The lowest BCUT2D eigenvalue weighted by Gasteiger charge is -2.33. The molecule has 5 heteroatoms. The van der Waals surface area contributed by atoms with Gasteiger partial charge < -0.3 is 15.5 Å². The van der Waals surface area contributed by atoms with Crippen molar-refractivity contribution in [2.45, 2.75) is 45.1 Å². The van der Waals surface area contributed by atoms with Gasteiger partial charge in [0.2, 0.25) is 0 Å². The van der Waals surface area contributed by atoms with E-state index in [1.165, 1.54) is 37.1 Å². The number of rotatable bonds is 6. The van der Waals surface area contributed by atoms with E-state index in [1.54, 1.807) is 0 Å². The lowest BCUT2D eigenvalue weighted by molar-refractivity contribution is 0.462. The lowest BCUT2D eigenvalue weighted by Crippen LogP contribution is -2.48. The van der Waals surface area contributed by atoms with Crippen LogP contribution in [-0.4, -0.2) is 38.7 Å². The highest BCUT2D eigenvalue weighted by atomic mass is 32.1. The first-order valence-corrected chi connectivity index (χ1v) is 8.97. The van der Waals surface area contributed by atoms with Crippen molar-refractivity contribution in [3.63, 3.8) is 0 Å². The fraction of sp³-hybridized carbons (Fsp3) is 0.688. The van der Waals surface area contributed by atoms with Crippen LogP contribution in [0.5, 0.6) is 0 Å². The molecule has 0 bridgehead atoms. The Labute approximate surface area is 132 Å². The Hall–Kier alpha value is -1.23. The van der Waals surface area contributed by atoms with E-state index in [0.29, 0.717) is 6.04 Å². The van der Waals surface area contributed by atoms with Gasteiger partial charge in [0.15, 0.2) is 5.96 Å². The molecule has 0 aromatic carbocycles. The van der Waals surface area contributed by atoms with Gasteiger partial charge in [0.1, 0.15) is 0 Å². The van der Waals surface area contributed by atoms with Gasteiger partial charge in [-0.2, -0.15) is 0 Å². The number of unbranched alkanes of at least 4 members (excludes halogenated alkanes) is 2. The zero-order chi connectivity index (χ0) is 14.9. The molecule has 118 valence electrons. The molecule has 1 aliphatic rings. The number of guanidine groups is 1. The van der Waals surface area contributed by atoms with Crippen LogP contribution < -0.4 is 15.5 Å². The molecular weight excluding hydrogens is 280 g/mol. The van der Waals surface area contributed by atoms with Crippen LogP contribution in [0.3, 0.4) is 0 Å². The molecule has 2 rings (SSSR count). The standard InChI is InChI=1S/C16H28N4S/c1-3-4-5-10-18-16(17-2)19-14-8-11-20(12-9-14)15-7-6-13-21-15/h6-7,13-14H,3-5,8-12H2,1-2H3,(H2,17,18,19). The maximum atomic E-state index is 4.33. The molecule has 0 amide bonds. The van der Waals surface area contributed by atoms with E-state index in [0.717, 1.165) is 25.6 Å². The smallest absolute Gasteiger partial charge is 0.191 e. The van der Waals surface area contributed by atoms with Gasteiger partial charge in [-0.15, -0.1) is 11.3 Å². The van der Waals surface area contributed by atoms with Gasteiger partial charge in [0.25, 0.3) is 0 Å². The van der Waals surface area contributed by atoms with Crippen molar-refractivity contribution in [3.8, 4) is 0 Å². The van der Waals surface area contributed by atoms with E-state index in [9.17, 15) is 0 Å². The van der Waals surface area contributed by atoms with E-state index in [1.807, 2.05) is 18.4 Å². The fourth-order valence-electron chi connectivity index (χ4n) is 2.66. The summed E-state index contributed by atoms with van der Waals surface area (Å²) in [5, 5.41) is 10.5. The quantitative estimate of drug-likeness (QED) is 0.482. The highest BCUT2D eigenvalue weighted by Gasteiger charge is 2.20. The maximum Gasteiger partial charge on any atom is 0.191 e. The van der Waals surface area contributed by atoms with Crippen molar-refractivity contribution < 1.29 is 0 Å². The SMILES string of the molecule is CCCCCNC(=NC)NC1CCN(c2cccs2)CC1. The van der Waals surface area contributed by atoms with E-state index in [4.69, 9.17) is 0 Å². The second-order valence-electron chi connectivity index (χ2n) is 5.56. The molecule has 1 aromatic heterocycles. The predicted molar refractivity (Wildman–Crippen MR) is 93.6 cm³/mol. The topological polar surface area (TPSA) is 39.7 Å². The summed E-state index contributed by atoms with van der Waals surface area (Å²) in [7, 11) is 1.86. The van der Waals surface area contributed by atoms with Crippen LogP contribution in [-0.2, 0) is 0 Å². The Kier molecular flexibility index (Phi) is 6.86. The third-order valence-electron chi connectivity index (χ3n) is 3.95. The van der Waals surface area contributed by atoms with Gasteiger partial charge in [-0.1, -0.05) is 19.8 Å². The second-order valence-corrected chi connectivity index (χ2v) is 6.49. The average Bonchev–Trinajstić information content (AvgIpc) is 3.05. The molecule has 0 radical (unpaired) electrons. The zero-order valence-electron chi connectivity index (χ0n) is 13.3. The number of anilines is 1. The molecule has 1 aromatic rings. The third-order valence-corrected chi connectivity index (χ3v) is 4.88. The van der Waals surface area contributed by atoms with E-state index in [-0.39, 0.29) is 0 Å². The summed E-state index contributed by atoms with van der Waals surface area (Å²) in [5.74, 6) is 0.959. The molecule has 2 heterocycles. The van der Waals surface area contributed by atoms with Gasteiger partial charge in [-0.25, -0.2) is 0 Å². The number of nitrogens with zero attached hydrogens (tertiary/aromatic N) is 2. The van der Waals surface area contributed by atoms with Gasteiger partial charge in [-0.3, -0.25) is 4.99 Å². The van der Waals surface area contributed by atoms with Crippen LogP contribution in [0.1, 0.15) is 39.0 Å². The molecule has 0 spiro atoms. The molecule has 0 unspecified atom stereocenters. The summed E-state index contributed by atoms with van der Waals surface area (Å²) in [6.45, 7) is 5.51. The fourth-order valence-corrected chi connectivity index (χ4v) is 3.45. The molecule has 0 saturated carbocycles. The Morgan fingerprint density at radius 3 is 2.81 bits per heavy atom. The molecule has 21 heavy (non-hydrogen) atoms. The molecule has 1 aliphatic heterocycles. The van der Waals surface area contributed by atoms with Crippen LogP contribution in [0.15, 0.2) is 22.5 Å². The van der Waals surface area contributed by atoms with Gasteiger partial charge in [-0.05, 0) is 36.8 Å². The highest BCUT2D eigenvalue weighted by Crippen LogP contribution is 2.24. The number of hydrogen-bond donors (Lipinski definition) is 2. The first-order valence-electron chi connectivity index (χ1n) is 8.09. The number of aliphatic imine (C=N–C) groups is 1. The molecule has 4 nitrogen and oxygen atoms in total. The van der Waals surface area contributed by atoms with Crippen molar-refractivity contribution in [1.29, 1.82) is 0 Å². The van der Waals surface area contributed by atoms with Crippen LogP contribution >= 0.6 is 11.3 Å². The summed E-state index contributed by atoms with van der Waals surface area (Å²) in [4.78, 5) is 6.82.